The number of fused-ring (bicyclic) bond motifs is 4. The molecule has 0 N–H and O–H groups in total. The highest BCUT2D eigenvalue weighted by Crippen LogP contribution is 2.51. The van der Waals surface area contributed by atoms with Crippen LogP contribution in [0.3, 0.4) is 0 Å². The maximum absolute atomic E-state index is 5.23. The number of aromatic nitrogens is 2. The second-order valence-electron chi connectivity index (χ2n) is 11.4. The van der Waals surface area contributed by atoms with E-state index in [1.807, 2.05) is 42.1 Å². The second kappa shape index (κ2) is 11.0. The fourth-order valence-electron chi connectivity index (χ4n) is 6.54. The first-order valence-corrected chi connectivity index (χ1v) is 16.2. The molecule has 0 spiro atoms. The van der Waals surface area contributed by atoms with Crippen molar-refractivity contribution in [2.75, 3.05) is 4.90 Å². The van der Waals surface area contributed by atoms with E-state index in [1.165, 1.54) is 26.8 Å². The number of benzene rings is 7. The Morgan fingerprint density at radius 2 is 1.07 bits per heavy atom. The van der Waals surface area contributed by atoms with E-state index < -0.39 is 0 Å². The van der Waals surface area contributed by atoms with E-state index in [1.54, 1.807) is 0 Å². The third kappa shape index (κ3) is 4.46. The minimum absolute atomic E-state index is 0.874. The lowest BCUT2D eigenvalue weighted by atomic mass is 9.96. The van der Waals surface area contributed by atoms with Crippen LogP contribution in [-0.4, -0.2) is 9.97 Å². The standard InChI is InChI=1S/C42H27N3S/c1-3-13-29(14-4-1)41-42(44-35-22-9-8-21-34(35)43-41)30-25-26-37-39(27-30)46-38-24-12-16-28-15-11-20-33(40(28)38)32-19-7-10-23-36(32)45(37)31-17-5-2-6-18-31/h1-27H. The van der Waals surface area contributed by atoms with Crippen LogP contribution in [0.15, 0.2) is 174 Å². The number of hydrogen-bond donors (Lipinski definition) is 0. The average Bonchev–Trinajstić information content (AvgIpc) is 3.17. The monoisotopic (exact) mass is 605 g/mol. The van der Waals surface area contributed by atoms with E-state index >= 15 is 0 Å². The molecule has 1 aliphatic heterocycles. The Labute approximate surface area is 271 Å². The zero-order chi connectivity index (χ0) is 30.5. The van der Waals surface area contributed by atoms with E-state index in [0.717, 1.165) is 55.5 Å². The van der Waals surface area contributed by atoms with Gasteiger partial charge in [-0.2, -0.15) is 0 Å². The highest BCUT2D eigenvalue weighted by atomic mass is 32.2. The van der Waals surface area contributed by atoms with Gasteiger partial charge in [-0.25, -0.2) is 9.97 Å². The van der Waals surface area contributed by atoms with Crippen LogP contribution >= 0.6 is 11.8 Å². The van der Waals surface area contributed by atoms with E-state index in [-0.39, 0.29) is 0 Å². The van der Waals surface area contributed by atoms with Crippen LogP contribution in [0.2, 0.25) is 0 Å². The molecule has 3 nitrogen and oxygen atoms in total. The molecule has 0 unspecified atom stereocenters. The molecule has 0 amide bonds. The molecule has 8 aromatic rings. The Bertz CT molecular complexity index is 2400. The van der Waals surface area contributed by atoms with Crippen LogP contribution in [-0.2, 0) is 0 Å². The van der Waals surface area contributed by atoms with Gasteiger partial charge in [-0.15, -0.1) is 0 Å². The molecule has 0 fully saturated rings. The molecule has 2 heterocycles. The molecule has 46 heavy (non-hydrogen) atoms. The minimum atomic E-state index is 0.874. The van der Waals surface area contributed by atoms with Gasteiger partial charge < -0.3 is 4.90 Å². The second-order valence-corrected chi connectivity index (χ2v) is 12.5. The fraction of sp³-hybridized carbons (Fsp3) is 0. The molecule has 9 rings (SSSR count). The average molecular weight is 606 g/mol. The molecule has 4 heteroatoms. The van der Waals surface area contributed by atoms with Gasteiger partial charge in [-0.1, -0.05) is 127 Å². The molecule has 216 valence electrons. The molecule has 7 aromatic carbocycles. The summed E-state index contributed by atoms with van der Waals surface area (Å²) >= 11 is 1.82. The van der Waals surface area contributed by atoms with Crippen molar-refractivity contribution in [1.82, 2.24) is 9.97 Å². The van der Waals surface area contributed by atoms with Crippen LogP contribution in [0.5, 0.6) is 0 Å². The maximum Gasteiger partial charge on any atom is 0.0973 e. The van der Waals surface area contributed by atoms with Crippen molar-refractivity contribution in [1.29, 1.82) is 0 Å². The lowest BCUT2D eigenvalue weighted by molar-refractivity contribution is 1.22. The zero-order valence-electron chi connectivity index (χ0n) is 24.8. The summed E-state index contributed by atoms with van der Waals surface area (Å²) in [4.78, 5) is 15.2. The third-order valence-electron chi connectivity index (χ3n) is 8.63. The topological polar surface area (TPSA) is 29.0 Å². The summed E-state index contributed by atoms with van der Waals surface area (Å²) in [7, 11) is 0. The number of para-hydroxylation sites is 4. The van der Waals surface area contributed by atoms with Crippen molar-refractivity contribution in [3.8, 4) is 33.6 Å². The van der Waals surface area contributed by atoms with Gasteiger partial charge in [0.15, 0.2) is 0 Å². The summed E-state index contributed by atoms with van der Waals surface area (Å²) in [5.74, 6) is 0. The van der Waals surface area contributed by atoms with Gasteiger partial charge in [0.2, 0.25) is 0 Å². The smallest absolute Gasteiger partial charge is 0.0973 e. The van der Waals surface area contributed by atoms with Crippen molar-refractivity contribution in [2.45, 2.75) is 9.79 Å². The van der Waals surface area contributed by atoms with Crippen molar-refractivity contribution in [3.63, 3.8) is 0 Å². The highest BCUT2D eigenvalue weighted by Gasteiger charge is 2.25. The van der Waals surface area contributed by atoms with Gasteiger partial charge in [0.1, 0.15) is 0 Å². The maximum atomic E-state index is 5.23. The molecule has 0 atom stereocenters. The minimum Gasteiger partial charge on any atom is -0.309 e. The molecule has 0 saturated carbocycles. The highest BCUT2D eigenvalue weighted by molar-refractivity contribution is 7.99. The van der Waals surface area contributed by atoms with Crippen LogP contribution in [0.1, 0.15) is 0 Å². The molecular weight excluding hydrogens is 579 g/mol. The summed E-state index contributed by atoms with van der Waals surface area (Å²) in [5, 5.41) is 2.50. The normalized spacial score (nSPS) is 12.2. The molecule has 0 bridgehead atoms. The van der Waals surface area contributed by atoms with Gasteiger partial charge in [0.25, 0.3) is 0 Å². The van der Waals surface area contributed by atoms with Crippen molar-refractivity contribution < 1.29 is 0 Å². The molecule has 0 saturated heterocycles. The van der Waals surface area contributed by atoms with Gasteiger partial charge in [-0.3, -0.25) is 0 Å². The summed E-state index contributed by atoms with van der Waals surface area (Å²) in [6, 6.07) is 58.0. The zero-order valence-corrected chi connectivity index (χ0v) is 25.7. The summed E-state index contributed by atoms with van der Waals surface area (Å²) in [6.07, 6.45) is 0. The van der Waals surface area contributed by atoms with Gasteiger partial charge >= 0.3 is 0 Å². The summed E-state index contributed by atoms with van der Waals surface area (Å²) in [6.45, 7) is 0. The quantitative estimate of drug-likeness (QED) is 0.200. The number of anilines is 3. The van der Waals surface area contributed by atoms with Crippen molar-refractivity contribution in [3.05, 3.63) is 164 Å². The van der Waals surface area contributed by atoms with Crippen LogP contribution in [0.25, 0.3) is 55.4 Å². The Balaban J connectivity index is 1.35. The Kier molecular flexibility index (Phi) is 6.39. The summed E-state index contributed by atoms with van der Waals surface area (Å²) in [5.41, 5.74) is 11.4. The fourth-order valence-corrected chi connectivity index (χ4v) is 7.71. The van der Waals surface area contributed by atoms with Crippen molar-refractivity contribution >= 4 is 50.6 Å². The molecule has 0 radical (unpaired) electrons. The van der Waals surface area contributed by atoms with Crippen molar-refractivity contribution in [2.24, 2.45) is 0 Å². The Morgan fingerprint density at radius 3 is 1.85 bits per heavy atom. The molecule has 1 aromatic heterocycles. The Hall–Kier alpha value is -5.71. The Morgan fingerprint density at radius 1 is 0.435 bits per heavy atom. The van der Waals surface area contributed by atoms with E-state index in [9.17, 15) is 0 Å². The SMILES string of the molecule is c1ccc(-c2nc3ccccc3nc2-c2ccc3c(c2)Sc2cccc4cccc(c24)-c2ccccc2N3c2ccccc2)cc1. The largest absolute Gasteiger partial charge is 0.309 e. The number of rotatable bonds is 3. The van der Waals surface area contributed by atoms with Gasteiger partial charge in [0.05, 0.1) is 33.8 Å². The molecule has 1 aliphatic rings. The van der Waals surface area contributed by atoms with Crippen LogP contribution < -0.4 is 4.90 Å². The first kappa shape index (κ1) is 26.7. The van der Waals surface area contributed by atoms with E-state index in [4.69, 9.17) is 9.97 Å². The number of nitrogens with zero attached hydrogens (tertiary/aromatic N) is 3. The van der Waals surface area contributed by atoms with E-state index in [0.29, 0.717) is 0 Å². The first-order chi connectivity index (χ1) is 22.8. The summed E-state index contributed by atoms with van der Waals surface area (Å²) < 4.78 is 0. The third-order valence-corrected chi connectivity index (χ3v) is 9.73. The first-order valence-electron chi connectivity index (χ1n) is 15.4. The molecule has 0 aliphatic carbocycles. The van der Waals surface area contributed by atoms with Crippen LogP contribution in [0, 0.1) is 0 Å². The molecular formula is C42H27N3S. The van der Waals surface area contributed by atoms with Gasteiger partial charge in [-0.05, 0) is 59.5 Å². The van der Waals surface area contributed by atoms with Crippen LogP contribution in [0.4, 0.5) is 17.1 Å². The predicted molar refractivity (Wildman–Crippen MR) is 192 cm³/mol. The lowest BCUT2D eigenvalue weighted by Crippen LogP contribution is -2.12. The van der Waals surface area contributed by atoms with Gasteiger partial charge in [0, 0.05) is 37.6 Å². The lowest BCUT2D eigenvalue weighted by Gasteiger charge is -2.29. The number of hydrogen-bond acceptors (Lipinski definition) is 4. The predicted octanol–water partition coefficient (Wildman–Crippen LogP) is 11.7. The van der Waals surface area contributed by atoms with E-state index in [2.05, 4.69) is 138 Å².